The molecule has 35 heavy (non-hydrogen) atoms. The van der Waals surface area contributed by atoms with E-state index in [1.807, 2.05) is 53.1 Å². The maximum Gasteiger partial charge on any atom is 0.253 e. The summed E-state index contributed by atoms with van der Waals surface area (Å²) >= 11 is 0. The standard InChI is InChI=1S/C27H31N5O3/c1-20-6-5-7-23(18-20)26-29-28-25(35-26)21-8-10-22(11-9-21)27(34)32-16-14-30(15-17-32)19-24(33)31-12-3-2-4-13-31/h5-11,18H,2-4,12-17,19H2,1H3. The van der Waals surface area contributed by atoms with Crippen LogP contribution in [-0.2, 0) is 4.79 Å². The predicted molar refractivity (Wildman–Crippen MR) is 133 cm³/mol. The molecule has 2 aliphatic heterocycles. The molecule has 0 aliphatic carbocycles. The fourth-order valence-electron chi connectivity index (χ4n) is 4.72. The van der Waals surface area contributed by atoms with Gasteiger partial charge >= 0.3 is 0 Å². The van der Waals surface area contributed by atoms with Gasteiger partial charge in [-0.3, -0.25) is 14.5 Å². The van der Waals surface area contributed by atoms with Crippen LogP contribution in [0.5, 0.6) is 0 Å². The molecular formula is C27H31N5O3. The molecule has 182 valence electrons. The van der Waals surface area contributed by atoms with Crippen molar-refractivity contribution in [3.63, 3.8) is 0 Å². The lowest BCUT2D eigenvalue weighted by molar-refractivity contribution is -0.133. The molecule has 2 aromatic carbocycles. The summed E-state index contributed by atoms with van der Waals surface area (Å²) in [6.07, 6.45) is 3.43. The Morgan fingerprint density at radius 1 is 0.800 bits per heavy atom. The Labute approximate surface area is 205 Å². The summed E-state index contributed by atoms with van der Waals surface area (Å²) in [6, 6.07) is 15.2. The van der Waals surface area contributed by atoms with Crippen molar-refractivity contribution in [3.05, 3.63) is 59.7 Å². The second kappa shape index (κ2) is 10.4. The molecule has 0 unspecified atom stereocenters. The fraction of sp³-hybridized carbons (Fsp3) is 0.407. The first kappa shape index (κ1) is 23.2. The van der Waals surface area contributed by atoms with Crippen LogP contribution < -0.4 is 0 Å². The number of benzene rings is 2. The number of carbonyl (C=O) groups is 2. The van der Waals surface area contributed by atoms with Crippen LogP contribution in [0.4, 0.5) is 0 Å². The summed E-state index contributed by atoms with van der Waals surface area (Å²) in [6.45, 7) is 6.90. The van der Waals surface area contributed by atoms with E-state index in [1.165, 1.54) is 6.42 Å². The SMILES string of the molecule is Cc1cccc(-c2nnc(-c3ccc(C(=O)N4CCN(CC(=O)N5CCCCC5)CC4)cc3)o2)c1. The highest BCUT2D eigenvalue weighted by atomic mass is 16.4. The van der Waals surface area contributed by atoms with Crippen LogP contribution in [-0.4, -0.2) is 82.5 Å². The third kappa shape index (κ3) is 5.43. The third-order valence-electron chi connectivity index (χ3n) is 6.80. The predicted octanol–water partition coefficient (Wildman–Crippen LogP) is 3.48. The maximum atomic E-state index is 13.0. The Morgan fingerprint density at radius 3 is 2.17 bits per heavy atom. The quantitative estimate of drug-likeness (QED) is 0.564. The van der Waals surface area contributed by atoms with Gasteiger partial charge in [0, 0.05) is 56.0 Å². The van der Waals surface area contributed by atoms with Gasteiger partial charge in [0.05, 0.1) is 6.54 Å². The molecule has 5 rings (SSSR count). The normalized spacial score (nSPS) is 16.9. The van der Waals surface area contributed by atoms with Crippen LogP contribution in [0.1, 0.15) is 35.2 Å². The fourth-order valence-corrected chi connectivity index (χ4v) is 4.72. The van der Waals surface area contributed by atoms with Gasteiger partial charge in [-0.15, -0.1) is 10.2 Å². The molecule has 8 nitrogen and oxygen atoms in total. The van der Waals surface area contributed by atoms with Gasteiger partial charge in [-0.25, -0.2) is 0 Å². The van der Waals surface area contributed by atoms with Gasteiger partial charge in [-0.1, -0.05) is 17.7 Å². The monoisotopic (exact) mass is 473 g/mol. The molecule has 2 saturated heterocycles. The highest BCUT2D eigenvalue weighted by molar-refractivity contribution is 5.94. The Hall–Kier alpha value is -3.52. The first-order valence-corrected chi connectivity index (χ1v) is 12.4. The molecule has 3 heterocycles. The van der Waals surface area contributed by atoms with E-state index < -0.39 is 0 Å². The zero-order valence-electron chi connectivity index (χ0n) is 20.2. The zero-order chi connectivity index (χ0) is 24.2. The van der Waals surface area contributed by atoms with Gasteiger partial charge in [-0.2, -0.15) is 0 Å². The molecule has 1 aromatic heterocycles. The Bertz CT molecular complexity index is 1180. The van der Waals surface area contributed by atoms with E-state index in [-0.39, 0.29) is 11.8 Å². The molecule has 0 spiro atoms. The van der Waals surface area contributed by atoms with Gasteiger partial charge < -0.3 is 14.2 Å². The lowest BCUT2D eigenvalue weighted by Crippen LogP contribution is -2.52. The molecule has 0 radical (unpaired) electrons. The summed E-state index contributed by atoms with van der Waals surface area (Å²) in [7, 11) is 0. The topological polar surface area (TPSA) is 82.8 Å². The number of piperazine rings is 1. The number of likely N-dealkylation sites (tertiary alicyclic amines) is 1. The number of nitrogens with zero attached hydrogens (tertiary/aromatic N) is 5. The molecular weight excluding hydrogens is 442 g/mol. The molecule has 0 saturated carbocycles. The van der Waals surface area contributed by atoms with Crippen molar-refractivity contribution in [1.29, 1.82) is 0 Å². The zero-order valence-corrected chi connectivity index (χ0v) is 20.2. The third-order valence-corrected chi connectivity index (χ3v) is 6.80. The molecule has 8 heteroatoms. The van der Waals surface area contributed by atoms with Crippen LogP contribution in [0, 0.1) is 6.92 Å². The molecule has 0 bridgehead atoms. The molecule has 0 atom stereocenters. The van der Waals surface area contributed by atoms with Gasteiger partial charge in [0.2, 0.25) is 17.7 Å². The van der Waals surface area contributed by atoms with E-state index in [1.54, 1.807) is 12.1 Å². The number of rotatable bonds is 5. The second-order valence-corrected chi connectivity index (χ2v) is 9.37. The van der Waals surface area contributed by atoms with E-state index in [9.17, 15) is 9.59 Å². The van der Waals surface area contributed by atoms with Crippen molar-refractivity contribution in [2.24, 2.45) is 0 Å². The van der Waals surface area contributed by atoms with Crippen molar-refractivity contribution in [1.82, 2.24) is 24.9 Å². The maximum absolute atomic E-state index is 13.0. The second-order valence-electron chi connectivity index (χ2n) is 9.37. The van der Waals surface area contributed by atoms with Crippen LogP contribution in [0.3, 0.4) is 0 Å². The van der Waals surface area contributed by atoms with Gasteiger partial charge in [-0.05, 0) is 62.6 Å². The number of carbonyl (C=O) groups excluding carboxylic acids is 2. The minimum atomic E-state index is 0.00420. The molecule has 0 N–H and O–H groups in total. The van der Waals surface area contributed by atoms with Crippen LogP contribution in [0.25, 0.3) is 22.9 Å². The van der Waals surface area contributed by atoms with E-state index in [2.05, 4.69) is 15.1 Å². The van der Waals surface area contributed by atoms with Gasteiger partial charge in [0.15, 0.2) is 0 Å². The minimum Gasteiger partial charge on any atom is -0.416 e. The van der Waals surface area contributed by atoms with Crippen molar-refractivity contribution >= 4 is 11.8 Å². The highest BCUT2D eigenvalue weighted by Gasteiger charge is 2.25. The van der Waals surface area contributed by atoms with Crippen molar-refractivity contribution in [3.8, 4) is 22.9 Å². The lowest BCUT2D eigenvalue weighted by atomic mass is 10.1. The van der Waals surface area contributed by atoms with Crippen molar-refractivity contribution in [2.45, 2.75) is 26.2 Å². The van der Waals surface area contributed by atoms with Gasteiger partial charge in [0.1, 0.15) is 0 Å². The Morgan fingerprint density at radius 2 is 1.49 bits per heavy atom. The summed E-state index contributed by atoms with van der Waals surface area (Å²) in [4.78, 5) is 31.6. The lowest BCUT2D eigenvalue weighted by Gasteiger charge is -2.36. The summed E-state index contributed by atoms with van der Waals surface area (Å²) < 4.78 is 5.86. The molecule has 2 aliphatic rings. The van der Waals surface area contributed by atoms with Crippen LogP contribution in [0.2, 0.25) is 0 Å². The summed E-state index contributed by atoms with van der Waals surface area (Å²) in [5.74, 6) is 1.11. The van der Waals surface area contributed by atoms with E-state index in [0.717, 1.165) is 42.6 Å². The number of aryl methyl sites for hydroxylation is 1. The smallest absolute Gasteiger partial charge is 0.253 e. The summed E-state index contributed by atoms with van der Waals surface area (Å²) in [5, 5.41) is 8.34. The first-order valence-electron chi connectivity index (χ1n) is 12.4. The van der Waals surface area contributed by atoms with Crippen LogP contribution in [0.15, 0.2) is 52.9 Å². The van der Waals surface area contributed by atoms with E-state index in [4.69, 9.17) is 4.42 Å². The van der Waals surface area contributed by atoms with Crippen molar-refractivity contribution in [2.75, 3.05) is 45.8 Å². The van der Waals surface area contributed by atoms with Gasteiger partial charge in [0.25, 0.3) is 5.91 Å². The number of aromatic nitrogens is 2. The van der Waals surface area contributed by atoms with E-state index in [0.29, 0.717) is 50.1 Å². The average molecular weight is 474 g/mol. The number of piperidine rings is 1. The largest absolute Gasteiger partial charge is 0.416 e. The van der Waals surface area contributed by atoms with E-state index >= 15 is 0 Å². The van der Waals surface area contributed by atoms with Crippen molar-refractivity contribution < 1.29 is 14.0 Å². The molecule has 3 aromatic rings. The number of hydrogen-bond acceptors (Lipinski definition) is 6. The number of amides is 2. The Balaban J connectivity index is 1.16. The average Bonchev–Trinajstić information content (AvgIpc) is 3.40. The molecule has 2 fully saturated rings. The summed E-state index contributed by atoms with van der Waals surface area (Å²) in [5.41, 5.74) is 3.41. The highest BCUT2D eigenvalue weighted by Crippen LogP contribution is 2.25. The van der Waals surface area contributed by atoms with Crippen LogP contribution >= 0.6 is 0 Å². The first-order chi connectivity index (χ1) is 17.1. The Kier molecular flexibility index (Phi) is 6.90. The minimum absolute atomic E-state index is 0.00420. The number of hydrogen-bond donors (Lipinski definition) is 0. The molecule has 2 amide bonds.